The first kappa shape index (κ1) is 10.6. The van der Waals surface area contributed by atoms with Gasteiger partial charge in [0.25, 0.3) is 5.69 Å². The normalized spacial score (nSPS) is 14.6. The lowest BCUT2D eigenvalue weighted by Crippen LogP contribution is -2.14. The lowest BCUT2D eigenvalue weighted by atomic mass is 10.2. The van der Waals surface area contributed by atoms with E-state index in [1.807, 2.05) is 0 Å². The topological polar surface area (TPSA) is 72.2 Å². The van der Waals surface area contributed by atoms with E-state index in [0.717, 1.165) is 18.4 Å². The summed E-state index contributed by atoms with van der Waals surface area (Å²) in [7, 11) is 0. The highest BCUT2D eigenvalue weighted by Crippen LogP contribution is 2.32. The highest BCUT2D eigenvalue weighted by molar-refractivity contribution is 5.96. The van der Waals surface area contributed by atoms with Crippen LogP contribution in [0.3, 0.4) is 0 Å². The molecule has 1 fully saturated rings. The van der Waals surface area contributed by atoms with E-state index in [1.165, 1.54) is 6.07 Å². The number of hydrogen-bond acceptors (Lipinski definition) is 3. The molecule has 0 aromatic heterocycles. The van der Waals surface area contributed by atoms with Crippen molar-refractivity contribution >= 4 is 17.3 Å². The maximum absolute atomic E-state index is 11.5. The van der Waals surface area contributed by atoms with Crippen LogP contribution in [-0.2, 0) is 4.79 Å². The molecule has 84 valence electrons. The first-order chi connectivity index (χ1) is 7.58. The molecule has 5 heteroatoms. The predicted molar refractivity (Wildman–Crippen MR) is 59.2 cm³/mol. The van der Waals surface area contributed by atoms with E-state index in [1.54, 1.807) is 19.1 Å². The minimum absolute atomic E-state index is 0.0425. The molecule has 1 aromatic carbocycles. The van der Waals surface area contributed by atoms with Gasteiger partial charge in [0, 0.05) is 12.0 Å². The Morgan fingerprint density at radius 2 is 2.19 bits per heavy atom. The summed E-state index contributed by atoms with van der Waals surface area (Å²) in [5.74, 6) is -0.0761. The molecule has 2 rings (SSSR count). The monoisotopic (exact) mass is 220 g/mol. The van der Waals surface area contributed by atoms with Gasteiger partial charge in [0.2, 0.25) is 5.91 Å². The number of nitrogens with zero attached hydrogens (tertiary/aromatic N) is 1. The minimum Gasteiger partial charge on any atom is -0.320 e. The van der Waals surface area contributed by atoms with Crippen LogP contribution in [0.15, 0.2) is 18.2 Å². The molecule has 0 saturated heterocycles. The molecular formula is C11H12N2O3. The summed E-state index contributed by atoms with van der Waals surface area (Å²) in [6.45, 7) is 1.78. The number of aryl methyl sites for hydroxylation is 1. The number of nitrogens with one attached hydrogen (secondary N) is 1. The van der Waals surface area contributed by atoms with Crippen LogP contribution in [-0.4, -0.2) is 10.8 Å². The van der Waals surface area contributed by atoms with Crippen LogP contribution in [0.2, 0.25) is 0 Å². The van der Waals surface area contributed by atoms with Gasteiger partial charge in [0.1, 0.15) is 5.69 Å². The van der Waals surface area contributed by atoms with Crippen molar-refractivity contribution in [2.24, 2.45) is 5.92 Å². The maximum Gasteiger partial charge on any atom is 0.293 e. The molecule has 1 N–H and O–H groups in total. The first-order valence-corrected chi connectivity index (χ1v) is 5.14. The number of carbonyl (C=O) groups excluding carboxylic acids is 1. The average molecular weight is 220 g/mol. The zero-order chi connectivity index (χ0) is 11.7. The van der Waals surface area contributed by atoms with Gasteiger partial charge in [-0.25, -0.2) is 0 Å². The van der Waals surface area contributed by atoms with Gasteiger partial charge >= 0.3 is 0 Å². The van der Waals surface area contributed by atoms with Crippen molar-refractivity contribution in [3.8, 4) is 0 Å². The van der Waals surface area contributed by atoms with Gasteiger partial charge in [-0.2, -0.15) is 0 Å². The molecule has 1 amide bonds. The fraction of sp³-hybridized carbons (Fsp3) is 0.364. The Bertz CT molecular complexity index is 453. The van der Waals surface area contributed by atoms with Crippen molar-refractivity contribution < 1.29 is 9.72 Å². The van der Waals surface area contributed by atoms with E-state index in [2.05, 4.69) is 5.32 Å². The van der Waals surface area contributed by atoms with Gasteiger partial charge in [0.15, 0.2) is 0 Å². The molecular weight excluding hydrogens is 208 g/mol. The first-order valence-electron chi connectivity index (χ1n) is 5.14. The van der Waals surface area contributed by atoms with Crippen LogP contribution >= 0.6 is 0 Å². The van der Waals surface area contributed by atoms with Crippen LogP contribution in [0, 0.1) is 23.0 Å². The van der Waals surface area contributed by atoms with Crippen molar-refractivity contribution in [2.45, 2.75) is 19.8 Å². The SMILES string of the molecule is Cc1ccc(NC(=O)C2CC2)c([N+](=O)[O-])c1. The Hall–Kier alpha value is -1.91. The van der Waals surface area contributed by atoms with Gasteiger partial charge in [-0.15, -0.1) is 0 Å². The summed E-state index contributed by atoms with van der Waals surface area (Å²) in [5.41, 5.74) is 1.04. The van der Waals surface area contributed by atoms with Gasteiger partial charge in [0.05, 0.1) is 4.92 Å². The number of anilines is 1. The lowest BCUT2D eigenvalue weighted by molar-refractivity contribution is -0.384. The third-order valence-electron chi connectivity index (χ3n) is 2.56. The van der Waals surface area contributed by atoms with E-state index in [4.69, 9.17) is 0 Å². The third kappa shape index (κ3) is 2.18. The van der Waals surface area contributed by atoms with E-state index < -0.39 is 4.92 Å². The number of nitro benzene ring substituents is 1. The third-order valence-corrected chi connectivity index (χ3v) is 2.56. The molecule has 0 unspecified atom stereocenters. The summed E-state index contributed by atoms with van der Waals surface area (Å²) in [4.78, 5) is 21.8. The molecule has 0 bridgehead atoms. The van der Waals surface area contributed by atoms with E-state index >= 15 is 0 Å². The maximum atomic E-state index is 11.5. The Morgan fingerprint density at radius 1 is 1.50 bits per heavy atom. The number of carbonyl (C=O) groups is 1. The summed E-state index contributed by atoms with van der Waals surface area (Å²) < 4.78 is 0. The molecule has 0 radical (unpaired) electrons. The zero-order valence-electron chi connectivity index (χ0n) is 8.90. The Balaban J connectivity index is 2.24. The molecule has 5 nitrogen and oxygen atoms in total. The van der Waals surface area contributed by atoms with Crippen molar-refractivity contribution in [1.82, 2.24) is 0 Å². The molecule has 0 atom stereocenters. The second-order valence-electron chi connectivity index (χ2n) is 4.04. The second kappa shape index (κ2) is 3.92. The second-order valence-corrected chi connectivity index (χ2v) is 4.04. The summed E-state index contributed by atoms with van der Waals surface area (Å²) in [6.07, 6.45) is 1.76. The smallest absolute Gasteiger partial charge is 0.293 e. The Labute approximate surface area is 92.6 Å². The fourth-order valence-corrected chi connectivity index (χ4v) is 1.48. The number of benzene rings is 1. The summed E-state index contributed by atoms with van der Waals surface area (Å²) in [6, 6.07) is 4.78. The van der Waals surface area contributed by atoms with Crippen molar-refractivity contribution in [1.29, 1.82) is 0 Å². The number of amides is 1. The van der Waals surface area contributed by atoms with E-state index in [9.17, 15) is 14.9 Å². The van der Waals surface area contributed by atoms with Crippen LogP contribution in [0.1, 0.15) is 18.4 Å². The van der Waals surface area contributed by atoms with Gasteiger partial charge < -0.3 is 5.32 Å². The summed E-state index contributed by atoms with van der Waals surface area (Å²) in [5, 5.41) is 13.4. The van der Waals surface area contributed by atoms with Crippen LogP contribution in [0.5, 0.6) is 0 Å². The molecule has 1 aliphatic rings. The molecule has 0 aliphatic heterocycles. The average Bonchev–Trinajstić information content (AvgIpc) is 3.03. The summed E-state index contributed by atoms with van der Waals surface area (Å²) >= 11 is 0. The quantitative estimate of drug-likeness (QED) is 0.627. The highest BCUT2D eigenvalue weighted by Gasteiger charge is 2.30. The largest absolute Gasteiger partial charge is 0.320 e. The van der Waals surface area contributed by atoms with Crippen molar-refractivity contribution in [3.63, 3.8) is 0 Å². The lowest BCUT2D eigenvalue weighted by Gasteiger charge is -2.05. The van der Waals surface area contributed by atoms with Crippen LogP contribution in [0.4, 0.5) is 11.4 Å². The predicted octanol–water partition coefficient (Wildman–Crippen LogP) is 2.25. The highest BCUT2D eigenvalue weighted by atomic mass is 16.6. The number of rotatable bonds is 3. The fourth-order valence-electron chi connectivity index (χ4n) is 1.48. The molecule has 1 aromatic rings. The van der Waals surface area contributed by atoms with Gasteiger partial charge in [-0.05, 0) is 31.4 Å². The molecule has 0 heterocycles. The minimum atomic E-state index is -0.477. The van der Waals surface area contributed by atoms with E-state index in [0.29, 0.717) is 0 Å². The van der Waals surface area contributed by atoms with Crippen molar-refractivity contribution in [3.05, 3.63) is 33.9 Å². The van der Waals surface area contributed by atoms with Gasteiger partial charge in [-0.3, -0.25) is 14.9 Å². The van der Waals surface area contributed by atoms with E-state index in [-0.39, 0.29) is 23.2 Å². The molecule has 1 aliphatic carbocycles. The number of hydrogen-bond donors (Lipinski definition) is 1. The number of nitro groups is 1. The molecule has 1 saturated carbocycles. The van der Waals surface area contributed by atoms with Gasteiger partial charge in [-0.1, -0.05) is 6.07 Å². The Morgan fingerprint density at radius 3 is 2.75 bits per heavy atom. The molecule has 0 spiro atoms. The Kier molecular flexibility index (Phi) is 2.60. The standard InChI is InChI=1S/C11H12N2O3/c1-7-2-5-9(10(6-7)13(15)16)12-11(14)8-3-4-8/h2,5-6,8H,3-4H2,1H3,(H,12,14). The van der Waals surface area contributed by atoms with Crippen LogP contribution in [0.25, 0.3) is 0 Å². The van der Waals surface area contributed by atoms with Crippen LogP contribution < -0.4 is 5.32 Å². The molecule has 16 heavy (non-hydrogen) atoms. The zero-order valence-corrected chi connectivity index (χ0v) is 8.90. The van der Waals surface area contributed by atoms with Crippen molar-refractivity contribution in [2.75, 3.05) is 5.32 Å².